The average molecular weight is 425 g/mol. The lowest BCUT2D eigenvalue weighted by atomic mass is 9.95. The summed E-state index contributed by atoms with van der Waals surface area (Å²) in [4.78, 5) is 17.5. The molecule has 32 heavy (non-hydrogen) atoms. The molecule has 4 aromatic rings. The summed E-state index contributed by atoms with van der Waals surface area (Å²) in [7, 11) is 1.40. The van der Waals surface area contributed by atoms with Gasteiger partial charge < -0.3 is 14.8 Å². The molecular formula is C26H23N3O3. The molecule has 0 amide bonds. The van der Waals surface area contributed by atoms with Crippen molar-refractivity contribution in [3.63, 3.8) is 0 Å². The first kappa shape index (κ1) is 19.9. The molecule has 1 atom stereocenters. The summed E-state index contributed by atoms with van der Waals surface area (Å²) >= 11 is 0. The minimum absolute atomic E-state index is 0.366. The van der Waals surface area contributed by atoms with E-state index in [9.17, 15) is 4.79 Å². The van der Waals surface area contributed by atoms with Crippen LogP contribution in [0.25, 0.3) is 11.0 Å². The van der Waals surface area contributed by atoms with Gasteiger partial charge in [0, 0.05) is 5.70 Å². The molecule has 0 saturated carbocycles. The van der Waals surface area contributed by atoms with Gasteiger partial charge in [0.25, 0.3) is 0 Å². The first-order valence-corrected chi connectivity index (χ1v) is 10.5. The zero-order valence-corrected chi connectivity index (χ0v) is 17.9. The fraction of sp³-hybridized carbons (Fsp3) is 0.154. The Morgan fingerprint density at radius 2 is 1.72 bits per heavy atom. The van der Waals surface area contributed by atoms with Gasteiger partial charge in [-0.25, -0.2) is 9.78 Å². The highest BCUT2D eigenvalue weighted by Gasteiger charge is 2.34. The molecule has 1 aliphatic rings. The van der Waals surface area contributed by atoms with Gasteiger partial charge in [0.1, 0.15) is 12.4 Å². The van der Waals surface area contributed by atoms with Crippen LogP contribution < -0.4 is 10.1 Å². The molecule has 1 N–H and O–H groups in total. The van der Waals surface area contributed by atoms with Crippen LogP contribution in [0.5, 0.6) is 5.75 Å². The summed E-state index contributed by atoms with van der Waals surface area (Å²) in [6, 6.07) is 25.4. The lowest BCUT2D eigenvalue weighted by molar-refractivity contribution is -0.136. The predicted octanol–water partition coefficient (Wildman–Crippen LogP) is 5.08. The second kappa shape index (κ2) is 8.23. The second-order valence-corrected chi connectivity index (χ2v) is 7.70. The number of carbonyl (C=O) groups is 1. The number of hydrogen-bond acceptors (Lipinski definition) is 5. The molecule has 0 spiro atoms. The molecule has 0 saturated heterocycles. The van der Waals surface area contributed by atoms with Crippen LogP contribution in [0, 0.1) is 0 Å². The van der Waals surface area contributed by atoms with Crippen LogP contribution >= 0.6 is 0 Å². The van der Waals surface area contributed by atoms with E-state index in [-0.39, 0.29) is 12.0 Å². The van der Waals surface area contributed by atoms with Crippen molar-refractivity contribution >= 4 is 23.0 Å². The second-order valence-electron chi connectivity index (χ2n) is 7.70. The van der Waals surface area contributed by atoms with Gasteiger partial charge in [-0.2, -0.15) is 0 Å². The molecule has 1 aromatic heterocycles. The highest BCUT2D eigenvalue weighted by molar-refractivity contribution is 5.94. The fourth-order valence-electron chi connectivity index (χ4n) is 4.14. The summed E-state index contributed by atoms with van der Waals surface area (Å²) in [6.07, 6.45) is 0. The average Bonchev–Trinajstić information content (AvgIpc) is 3.20. The van der Waals surface area contributed by atoms with E-state index in [1.54, 1.807) is 0 Å². The smallest absolute Gasteiger partial charge is 0.337 e. The maximum absolute atomic E-state index is 12.8. The van der Waals surface area contributed by atoms with Gasteiger partial charge in [-0.3, -0.25) is 4.57 Å². The van der Waals surface area contributed by atoms with Crippen LogP contribution in [0.3, 0.4) is 0 Å². The minimum atomic E-state index is -0.368. The molecule has 0 radical (unpaired) electrons. The predicted molar refractivity (Wildman–Crippen MR) is 123 cm³/mol. The van der Waals surface area contributed by atoms with Gasteiger partial charge in [-0.1, -0.05) is 54.6 Å². The lowest BCUT2D eigenvalue weighted by Gasteiger charge is -2.30. The molecule has 1 aliphatic heterocycles. The van der Waals surface area contributed by atoms with Crippen LogP contribution in [-0.4, -0.2) is 22.6 Å². The quantitative estimate of drug-likeness (QED) is 0.452. The molecule has 5 rings (SSSR count). The van der Waals surface area contributed by atoms with E-state index in [1.807, 2.05) is 85.8 Å². The van der Waals surface area contributed by atoms with Crippen molar-refractivity contribution in [2.75, 3.05) is 12.4 Å². The van der Waals surface area contributed by atoms with E-state index < -0.39 is 0 Å². The molecule has 2 heterocycles. The molecule has 0 bridgehead atoms. The number of para-hydroxylation sites is 2. The van der Waals surface area contributed by atoms with E-state index >= 15 is 0 Å². The van der Waals surface area contributed by atoms with Crippen molar-refractivity contribution in [3.05, 3.63) is 101 Å². The van der Waals surface area contributed by atoms with Crippen LogP contribution in [0.1, 0.15) is 24.1 Å². The topological polar surface area (TPSA) is 65.4 Å². The Kier molecular flexibility index (Phi) is 5.11. The summed E-state index contributed by atoms with van der Waals surface area (Å²) in [5, 5.41) is 3.27. The first-order chi connectivity index (χ1) is 15.7. The van der Waals surface area contributed by atoms with Crippen molar-refractivity contribution in [1.82, 2.24) is 9.55 Å². The SMILES string of the molecule is COC(=O)C1=C(C)Nc2nc3ccccc3n2C1c1ccc(OCc2ccccc2)cc1. The highest BCUT2D eigenvalue weighted by atomic mass is 16.5. The monoisotopic (exact) mass is 425 g/mol. The zero-order chi connectivity index (χ0) is 22.1. The first-order valence-electron chi connectivity index (χ1n) is 10.5. The molecule has 6 nitrogen and oxygen atoms in total. The number of fused-ring (bicyclic) bond motifs is 3. The zero-order valence-electron chi connectivity index (χ0n) is 17.9. The van der Waals surface area contributed by atoms with E-state index in [2.05, 4.69) is 9.88 Å². The largest absolute Gasteiger partial charge is 0.489 e. The number of aromatic nitrogens is 2. The van der Waals surface area contributed by atoms with E-state index in [1.165, 1.54) is 7.11 Å². The number of methoxy groups -OCH3 is 1. The molecular weight excluding hydrogens is 402 g/mol. The third-order valence-corrected chi connectivity index (χ3v) is 5.68. The Balaban J connectivity index is 1.53. The fourth-order valence-corrected chi connectivity index (χ4v) is 4.14. The molecule has 0 aliphatic carbocycles. The van der Waals surface area contributed by atoms with Gasteiger partial charge in [-0.05, 0) is 42.3 Å². The number of imidazole rings is 1. The number of ether oxygens (including phenoxy) is 2. The van der Waals surface area contributed by atoms with Crippen LogP contribution in [0.2, 0.25) is 0 Å². The summed E-state index contributed by atoms with van der Waals surface area (Å²) in [5.74, 6) is 1.10. The summed E-state index contributed by atoms with van der Waals surface area (Å²) in [6.45, 7) is 2.37. The highest BCUT2D eigenvalue weighted by Crippen LogP contribution is 2.39. The Morgan fingerprint density at radius 1 is 1.00 bits per heavy atom. The molecule has 6 heteroatoms. The van der Waals surface area contributed by atoms with Crippen molar-refractivity contribution in [2.45, 2.75) is 19.6 Å². The van der Waals surface area contributed by atoms with Crippen LogP contribution in [0.15, 0.2) is 90.1 Å². The number of nitrogens with one attached hydrogen (secondary N) is 1. The van der Waals surface area contributed by atoms with Gasteiger partial charge in [0.2, 0.25) is 5.95 Å². The van der Waals surface area contributed by atoms with Gasteiger partial charge in [-0.15, -0.1) is 0 Å². The molecule has 1 unspecified atom stereocenters. The van der Waals surface area contributed by atoms with Gasteiger partial charge in [0.15, 0.2) is 0 Å². The number of carbonyl (C=O) groups excluding carboxylic acids is 1. The van der Waals surface area contributed by atoms with Gasteiger partial charge in [0.05, 0.1) is 29.8 Å². The number of allylic oxidation sites excluding steroid dienone is 1. The van der Waals surface area contributed by atoms with Gasteiger partial charge >= 0.3 is 5.97 Å². The Bertz CT molecular complexity index is 1310. The number of anilines is 1. The number of esters is 1. The maximum Gasteiger partial charge on any atom is 0.337 e. The van der Waals surface area contributed by atoms with Crippen LogP contribution in [0.4, 0.5) is 5.95 Å². The van der Waals surface area contributed by atoms with Crippen molar-refractivity contribution in [1.29, 1.82) is 0 Å². The summed E-state index contributed by atoms with van der Waals surface area (Å²) in [5.41, 5.74) is 5.15. The molecule has 160 valence electrons. The van der Waals surface area contributed by atoms with Crippen molar-refractivity contribution < 1.29 is 14.3 Å². The normalized spacial score (nSPS) is 15.2. The number of rotatable bonds is 5. The summed E-state index contributed by atoms with van der Waals surface area (Å²) < 4.78 is 13.1. The third-order valence-electron chi connectivity index (χ3n) is 5.68. The van der Waals surface area contributed by atoms with E-state index in [0.29, 0.717) is 18.1 Å². The van der Waals surface area contributed by atoms with Crippen molar-refractivity contribution in [2.24, 2.45) is 0 Å². The van der Waals surface area contributed by atoms with Crippen LogP contribution in [-0.2, 0) is 16.1 Å². The Hall–Kier alpha value is -4.06. The van der Waals surface area contributed by atoms with E-state index in [0.717, 1.165) is 33.6 Å². The standard InChI is InChI=1S/C26H23N3O3/c1-17-23(25(30)31-2)24(29-22-11-7-6-10-21(22)28-26(29)27-17)19-12-14-20(15-13-19)32-16-18-8-4-3-5-9-18/h3-15,24H,16H2,1-2H3,(H,27,28). The Morgan fingerprint density at radius 3 is 2.47 bits per heavy atom. The van der Waals surface area contributed by atoms with E-state index in [4.69, 9.17) is 14.5 Å². The van der Waals surface area contributed by atoms with Crippen molar-refractivity contribution in [3.8, 4) is 5.75 Å². The number of benzene rings is 3. The minimum Gasteiger partial charge on any atom is -0.489 e. The third kappa shape index (κ3) is 3.50. The number of hydrogen-bond donors (Lipinski definition) is 1. The lowest BCUT2D eigenvalue weighted by Crippen LogP contribution is -2.28. The Labute approximate surface area is 186 Å². The molecule has 0 fully saturated rings. The number of nitrogens with zero attached hydrogens (tertiary/aromatic N) is 2. The maximum atomic E-state index is 12.8. The molecule has 3 aromatic carbocycles.